The van der Waals surface area contributed by atoms with Crippen LogP contribution >= 0.6 is 23.1 Å². The number of aryl methyl sites for hydroxylation is 1. The zero-order chi connectivity index (χ0) is 16.6. The highest BCUT2D eigenvalue weighted by Crippen LogP contribution is 2.36. The van der Waals surface area contributed by atoms with E-state index < -0.39 is 11.2 Å². The summed E-state index contributed by atoms with van der Waals surface area (Å²) in [6.45, 7) is 3.45. The van der Waals surface area contributed by atoms with Crippen LogP contribution in [0.3, 0.4) is 0 Å². The molecule has 23 heavy (non-hydrogen) atoms. The van der Waals surface area contributed by atoms with E-state index in [0.717, 1.165) is 27.8 Å². The Morgan fingerprint density at radius 1 is 1.35 bits per heavy atom. The van der Waals surface area contributed by atoms with E-state index in [2.05, 4.69) is 9.97 Å². The molecular weight excluding hydrogens is 332 g/mol. The van der Waals surface area contributed by atoms with Crippen molar-refractivity contribution in [2.75, 3.05) is 0 Å². The van der Waals surface area contributed by atoms with Gasteiger partial charge in [-0.1, -0.05) is 42.1 Å². The van der Waals surface area contributed by atoms with Gasteiger partial charge >= 0.3 is 0 Å². The standard InChI is InChI=1S/C16H14N2O3S2/c1-8-11(10-6-4-3-5-7-10)12-13(19)17-16(18-14(12)22-8)23-9(2)15(20)21/h3-7,9H,1-2H3,(H,20,21)(H,17,18,19)/p-1/t9-/m1/s1. The van der Waals surface area contributed by atoms with Crippen LogP contribution in [-0.4, -0.2) is 21.2 Å². The van der Waals surface area contributed by atoms with E-state index in [1.165, 1.54) is 18.3 Å². The summed E-state index contributed by atoms with van der Waals surface area (Å²) in [5, 5.41) is 10.9. The maximum atomic E-state index is 12.5. The lowest BCUT2D eigenvalue weighted by atomic mass is 10.0. The number of carbonyl (C=O) groups excluding carboxylic acids is 1. The Hall–Kier alpha value is -2.12. The van der Waals surface area contributed by atoms with Crippen molar-refractivity contribution in [2.45, 2.75) is 24.3 Å². The number of nitrogens with zero attached hydrogens (tertiary/aromatic N) is 1. The van der Waals surface area contributed by atoms with Crippen molar-refractivity contribution in [2.24, 2.45) is 0 Å². The number of aliphatic carboxylic acids is 1. The van der Waals surface area contributed by atoms with Crippen molar-refractivity contribution in [1.29, 1.82) is 0 Å². The average Bonchev–Trinajstić information content (AvgIpc) is 2.84. The number of carbonyl (C=O) groups is 1. The molecule has 0 saturated carbocycles. The molecule has 2 heterocycles. The summed E-state index contributed by atoms with van der Waals surface area (Å²) >= 11 is 2.40. The number of aromatic nitrogens is 2. The predicted octanol–water partition coefficient (Wildman–Crippen LogP) is 2.19. The van der Waals surface area contributed by atoms with Gasteiger partial charge in [0.1, 0.15) is 4.83 Å². The van der Waals surface area contributed by atoms with Gasteiger partial charge in [-0.2, -0.15) is 0 Å². The maximum absolute atomic E-state index is 12.5. The minimum atomic E-state index is -1.19. The molecule has 5 nitrogen and oxygen atoms in total. The van der Waals surface area contributed by atoms with Crippen molar-refractivity contribution < 1.29 is 9.90 Å². The topological polar surface area (TPSA) is 85.9 Å². The Bertz CT molecular complexity index is 932. The Kier molecular flexibility index (Phi) is 4.23. The van der Waals surface area contributed by atoms with Gasteiger partial charge in [-0.15, -0.1) is 11.3 Å². The molecule has 0 bridgehead atoms. The summed E-state index contributed by atoms with van der Waals surface area (Å²) in [4.78, 5) is 32.0. The molecule has 0 radical (unpaired) electrons. The van der Waals surface area contributed by atoms with E-state index in [0.29, 0.717) is 15.4 Å². The predicted molar refractivity (Wildman–Crippen MR) is 90.7 cm³/mol. The molecule has 1 N–H and O–H groups in total. The molecule has 0 aliphatic rings. The van der Waals surface area contributed by atoms with Crippen LogP contribution in [0.1, 0.15) is 11.8 Å². The first-order valence-corrected chi connectivity index (χ1v) is 8.63. The van der Waals surface area contributed by atoms with E-state index in [1.807, 2.05) is 37.3 Å². The fourth-order valence-corrected chi connectivity index (χ4v) is 4.15. The minimum Gasteiger partial charge on any atom is -0.549 e. The number of aromatic amines is 1. The number of thiophene rings is 1. The molecule has 0 saturated heterocycles. The summed E-state index contributed by atoms with van der Waals surface area (Å²) in [6, 6.07) is 9.67. The van der Waals surface area contributed by atoms with Crippen molar-refractivity contribution in [1.82, 2.24) is 9.97 Å². The number of fused-ring (bicyclic) bond motifs is 1. The summed E-state index contributed by atoms with van der Waals surface area (Å²) in [5.41, 5.74) is 1.59. The molecule has 1 atom stereocenters. The van der Waals surface area contributed by atoms with Gasteiger partial charge in [0.05, 0.1) is 11.4 Å². The molecule has 0 aliphatic carbocycles. The number of rotatable bonds is 4. The maximum Gasteiger partial charge on any atom is 0.260 e. The second-order valence-electron chi connectivity index (χ2n) is 5.03. The highest BCUT2D eigenvalue weighted by molar-refractivity contribution is 8.00. The largest absolute Gasteiger partial charge is 0.549 e. The first-order chi connectivity index (χ1) is 11.0. The lowest BCUT2D eigenvalue weighted by Gasteiger charge is -2.10. The molecule has 0 fully saturated rings. The number of carboxylic acids is 1. The normalized spacial score (nSPS) is 12.4. The highest BCUT2D eigenvalue weighted by Gasteiger charge is 2.17. The Morgan fingerprint density at radius 2 is 2.04 bits per heavy atom. The number of thioether (sulfide) groups is 1. The molecule has 0 spiro atoms. The lowest BCUT2D eigenvalue weighted by molar-refractivity contribution is -0.304. The van der Waals surface area contributed by atoms with Crippen LogP contribution < -0.4 is 10.7 Å². The first kappa shape index (κ1) is 15.8. The third-order valence-electron chi connectivity index (χ3n) is 3.40. The summed E-state index contributed by atoms with van der Waals surface area (Å²) in [5.74, 6) is -1.19. The van der Waals surface area contributed by atoms with Gasteiger partial charge in [0.15, 0.2) is 5.16 Å². The molecule has 2 aromatic heterocycles. The fraction of sp³-hybridized carbons (Fsp3) is 0.188. The Balaban J connectivity index is 2.15. The van der Waals surface area contributed by atoms with E-state index in [1.54, 1.807) is 0 Å². The molecule has 7 heteroatoms. The second-order valence-corrected chi connectivity index (χ2v) is 7.56. The van der Waals surface area contributed by atoms with Crippen molar-refractivity contribution in [3.63, 3.8) is 0 Å². The summed E-state index contributed by atoms with van der Waals surface area (Å²) in [7, 11) is 0. The van der Waals surface area contributed by atoms with Gasteiger partial charge in [0.25, 0.3) is 5.56 Å². The molecule has 118 valence electrons. The fourth-order valence-electron chi connectivity index (χ4n) is 2.32. The number of hydrogen-bond acceptors (Lipinski definition) is 6. The molecule has 3 rings (SSSR count). The van der Waals surface area contributed by atoms with Gasteiger partial charge in [-0.25, -0.2) is 4.98 Å². The molecule has 0 unspecified atom stereocenters. The van der Waals surface area contributed by atoms with Crippen molar-refractivity contribution in [3.8, 4) is 11.1 Å². The van der Waals surface area contributed by atoms with Crippen molar-refractivity contribution >= 4 is 39.3 Å². The zero-order valence-corrected chi connectivity index (χ0v) is 14.1. The van der Waals surface area contributed by atoms with Crippen LogP contribution in [0.4, 0.5) is 0 Å². The SMILES string of the molecule is Cc1sc2nc(S[C@H](C)C(=O)[O-])[nH]c(=O)c2c1-c1ccccc1. The minimum absolute atomic E-state index is 0.258. The Morgan fingerprint density at radius 3 is 2.70 bits per heavy atom. The number of benzene rings is 1. The highest BCUT2D eigenvalue weighted by atomic mass is 32.2. The van der Waals surface area contributed by atoms with Crippen LogP contribution in [0.2, 0.25) is 0 Å². The van der Waals surface area contributed by atoms with E-state index in [4.69, 9.17) is 0 Å². The number of H-pyrrole nitrogens is 1. The van der Waals surface area contributed by atoms with Crippen LogP contribution in [0.25, 0.3) is 21.3 Å². The van der Waals surface area contributed by atoms with Gasteiger partial charge in [-0.05, 0) is 19.4 Å². The number of hydrogen-bond donors (Lipinski definition) is 1. The van der Waals surface area contributed by atoms with Gasteiger partial charge in [0.2, 0.25) is 0 Å². The third-order valence-corrected chi connectivity index (χ3v) is 5.36. The van der Waals surface area contributed by atoms with E-state index >= 15 is 0 Å². The van der Waals surface area contributed by atoms with E-state index in [-0.39, 0.29) is 5.56 Å². The molecule has 3 aromatic rings. The van der Waals surface area contributed by atoms with E-state index in [9.17, 15) is 14.7 Å². The second kappa shape index (κ2) is 6.17. The monoisotopic (exact) mass is 345 g/mol. The summed E-state index contributed by atoms with van der Waals surface area (Å²) < 4.78 is 0. The number of carboxylic acid groups (broad SMARTS) is 1. The first-order valence-electron chi connectivity index (χ1n) is 6.93. The molecule has 0 aliphatic heterocycles. The molecule has 1 aromatic carbocycles. The number of nitrogens with one attached hydrogen (secondary N) is 1. The summed E-state index contributed by atoms with van der Waals surface area (Å²) in [6.07, 6.45) is 0. The smallest absolute Gasteiger partial charge is 0.260 e. The van der Waals surface area contributed by atoms with Gasteiger partial charge in [0, 0.05) is 15.7 Å². The average molecular weight is 345 g/mol. The van der Waals surface area contributed by atoms with Crippen LogP contribution in [0.15, 0.2) is 40.3 Å². The zero-order valence-electron chi connectivity index (χ0n) is 12.5. The molecular formula is C16H13N2O3S2-. The quantitative estimate of drug-likeness (QED) is 0.579. The van der Waals surface area contributed by atoms with Gasteiger partial charge in [-0.3, -0.25) is 4.79 Å². The van der Waals surface area contributed by atoms with Crippen molar-refractivity contribution in [3.05, 3.63) is 45.6 Å². The van der Waals surface area contributed by atoms with Crippen LogP contribution in [-0.2, 0) is 4.79 Å². The molecule has 0 amide bonds. The van der Waals surface area contributed by atoms with Crippen LogP contribution in [0, 0.1) is 6.92 Å². The lowest BCUT2D eigenvalue weighted by Crippen LogP contribution is -2.31. The Labute approximate surface area is 140 Å². The third kappa shape index (κ3) is 3.02. The van der Waals surface area contributed by atoms with Crippen LogP contribution in [0.5, 0.6) is 0 Å². The van der Waals surface area contributed by atoms with Gasteiger partial charge < -0.3 is 14.9 Å².